The highest BCUT2D eigenvalue weighted by molar-refractivity contribution is 4.78. The van der Waals surface area contributed by atoms with Gasteiger partial charge in [0.15, 0.2) is 0 Å². The third-order valence-electron chi connectivity index (χ3n) is 4.16. The lowest BCUT2D eigenvalue weighted by molar-refractivity contribution is -0.00961. The number of rotatable bonds is 9. The molecule has 2 unspecified atom stereocenters. The van der Waals surface area contributed by atoms with E-state index in [0.717, 1.165) is 12.3 Å². The van der Waals surface area contributed by atoms with Crippen molar-refractivity contribution in [2.24, 2.45) is 11.8 Å². The molecule has 0 bridgehead atoms. The maximum Gasteiger partial charge on any atom is 0.0897 e. The Morgan fingerprint density at radius 2 is 1.79 bits per heavy atom. The van der Waals surface area contributed by atoms with Crippen molar-refractivity contribution >= 4 is 0 Å². The summed E-state index contributed by atoms with van der Waals surface area (Å²) in [4.78, 5) is 0. The summed E-state index contributed by atoms with van der Waals surface area (Å²) >= 11 is 0. The molecule has 0 heterocycles. The van der Waals surface area contributed by atoms with Crippen molar-refractivity contribution in [2.45, 2.75) is 78.0 Å². The highest BCUT2D eigenvalue weighted by Gasteiger charge is 2.21. The van der Waals surface area contributed by atoms with E-state index in [1.807, 2.05) is 0 Å². The summed E-state index contributed by atoms with van der Waals surface area (Å²) in [7, 11) is 0. The zero-order valence-corrected chi connectivity index (χ0v) is 13.2. The topological polar surface area (TPSA) is 41.5 Å². The lowest BCUT2D eigenvalue weighted by atomic mass is 10.00. The second-order valence-electron chi connectivity index (χ2n) is 6.67. The van der Waals surface area contributed by atoms with Gasteiger partial charge in [-0.1, -0.05) is 26.7 Å². The Morgan fingerprint density at radius 1 is 1.16 bits per heavy atom. The van der Waals surface area contributed by atoms with Gasteiger partial charge in [0, 0.05) is 12.6 Å². The highest BCUT2D eigenvalue weighted by Crippen LogP contribution is 2.27. The third kappa shape index (κ3) is 7.28. The Kier molecular flexibility index (Phi) is 7.96. The largest absolute Gasteiger partial charge is 0.389 e. The Morgan fingerprint density at radius 3 is 2.37 bits per heavy atom. The molecule has 114 valence electrons. The minimum atomic E-state index is -0.390. The average Bonchev–Trinajstić information content (AvgIpc) is 2.86. The van der Waals surface area contributed by atoms with Crippen LogP contribution < -0.4 is 5.32 Å². The van der Waals surface area contributed by atoms with Gasteiger partial charge < -0.3 is 15.2 Å². The van der Waals surface area contributed by atoms with Crippen molar-refractivity contribution < 1.29 is 9.84 Å². The molecule has 0 radical (unpaired) electrons. The van der Waals surface area contributed by atoms with Crippen molar-refractivity contribution in [2.75, 3.05) is 13.2 Å². The molecule has 0 aromatic carbocycles. The van der Waals surface area contributed by atoms with Gasteiger partial charge in [-0.25, -0.2) is 0 Å². The Labute approximate surface area is 119 Å². The fraction of sp³-hybridized carbons (Fsp3) is 1.00. The molecule has 0 saturated heterocycles. The molecule has 0 aromatic rings. The molecule has 2 N–H and O–H groups in total. The zero-order valence-electron chi connectivity index (χ0n) is 13.2. The summed E-state index contributed by atoms with van der Waals surface area (Å²) in [6.07, 6.45) is 6.32. The van der Waals surface area contributed by atoms with Crippen LogP contribution in [0.4, 0.5) is 0 Å². The van der Waals surface area contributed by atoms with E-state index in [-0.39, 0.29) is 6.10 Å². The summed E-state index contributed by atoms with van der Waals surface area (Å²) in [6.45, 7) is 9.80. The SMILES string of the molecule is CC(C)CC(C)OCC(O)CN[C@H](C)C1CCCC1. The van der Waals surface area contributed by atoms with Crippen LogP contribution >= 0.6 is 0 Å². The molecular weight excluding hydrogens is 238 g/mol. The summed E-state index contributed by atoms with van der Waals surface area (Å²) < 4.78 is 5.68. The second-order valence-corrected chi connectivity index (χ2v) is 6.67. The van der Waals surface area contributed by atoms with Gasteiger partial charge in [0.2, 0.25) is 0 Å². The molecule has 1 aliphatic carbocycles. The normalized spacial score (nSPS) is 21.8. The number of ether oxygens (including phenoxy) is 1. The lowest BCUT2D eigenvalue weighted by Gasteiger charge is -2.23. The lowest BCUT2D eigenvalue weighted by Crippen LogP contribution is -2.39. The van der Waals surface area contributed by atoms with Crippen LogP contribution in [-0.2, 0) is 4.74 Å². The van der Waals surface area contributed by atoms with Gasteiger partial charge in [0.05, 0.1) is 18.8 Å². The van der Waals surface area contributed by atoms with Gasteiger partial charge >= 0.3 is 0 Å². The van der Waals surface area contributed by atoms with E-state index in [1.165, 1.54) is 25.7 Å². The summed E-state index contributed by atoms with van der Waals surface area (Å²) in [5.41, 5.74) is 0. The molecule has 3 atom stereocenters. The predicted molar refractivity (Wildman–Crippen MR) is 80.3 cm³/mol. The van der Waals surface area contributed by atoms with E-state index in [9.17, 15) is 5.11 Å². The standard InChI is InChI=1S/C16H33NO2/c1-12(2)9-13(3)19-11-16(18)10-17-14(4)15-7-5-6-8-15/h12-18H,5-11H2,1-4H3/t13?,14-,16?/m1/s1. The van der Waals surface area contributed by atoms with Crippen LogP contribution in [0.3, 0.4) is 0 Å². The highest BCUT2D eigenvalue weighted by atomic mass is 16.5. The maximum atomic E-state index is 9.94. The summed E-state index contributed by atoms with van der Waals surface area (Å²) in [6, 6.07) is 0.519. The minimum absolute atomic E-state index is 0.238. The first-order valence-electron chi connectivity index (χ1n) is 8.02. The fourth-order valence-corrected chi connectivity index (χ4v) is 3.01. The van der Waals surface area contributed by atoms with Crippen molar-refractivity contribution in [1.29, 1.82) is 0 Å². The average molecular weight is 271 g/mol. The first-order valence-corrected chi connectivity index (χ1v) is 8.02. The zero-order chi connectivity index (χ0) is 14.3. The second kappa shape index (κ2) is 8.93. The molecule has 1 saturated carbocycles. The van der Waals surface area contributed by atoms with E-state index < -0.39 is 6.10 Å². The summed E-state index contributed by atoms with van der Waals surface area (Å²) in [5, 5.41) is 13.4. The predicted octanol–water partition coefficient (Wildman–Crippen LogP) is 2.97. The smallest absolute Gasteiger partial charge is 0.0897 e. The molecule has 1 fully saturated rings. The van der Waals surface area contributed by atoms with Crippen LogP contribution in [0.2, 0.25) is 0 Å². The van der Waals surface area contributed by atoms with Crippen molar-refractivity contribution in [3.8, 4) is 0 Å². The van der Waals surface area contributed by atoms with Crippen LogP contribution in [0.15, 0.2) is 0 Å². The van der Waals surface area contributed by atoms with Gasteiger partial charge in [-0.05, 0) is 44.9 Å². The van der Waals surface area contributed by atoms with E-state index in [1.54, 1.807) is 0 Å². The van der Waals surface area contributed by atoms with Crippen LogP contribution in [0.5, 0.6) is 0 Å². The minimum Gasteiger partial charge on any atom is -0.389 e. The molecule has 3 nitrogen and oxygen atoms in total. The van der Waals surface area contributed by atoms with Gasteiger partial charge in [0.1, 0.15) is 0 Å². The van der Waals surface area contributed by atoms with Gasteiger partial charge in [-0.2, -0.15) is 0 Å². The fourth-order valence-electron chi connectivity index (χ4n) is 3.01. The Hall–Kier alpha value is -0.120. The number of hydrogen-bond donors (Lipinski definition) is 2. The first-order chi connectivity index (χ1) is 8.99. The molecule has 19 heavy (non-hydrogen) atoms. The number of aliphatic hydroxyl groups excluding tert-OH is 1. The van der Waals surface area contributed by atoms with Crippen molar-refractivity contribution in [3.63, 3.8) is 0 Å². The van der Waals surface area contributed by atoms with Crippen LogP contribution in [-0.4, -0.2) is 36.5 Å². The van der Waals surface area contributed by atoms with E-state index in [2.05, 4.69) is 33.0 Å². The van der Waals surface area contributed by atoms with E-state index in [0.29, 0.717) is 25.1 Å². The monoisotopic (exact) mass is 271 g/mol. The number of aliphatic hydroxyl groups is 1. The van der Waals surface area contributed by atoms with Crippen LogP contribution in [0.25, 0.3) is 0 Å². The molecule has 3 heteroatoms. The Balaban J connectivity index is 2.08. The van der Waals surface area contributed by atoms with E-state index in [4.69, 9.17) is 4.74 Å². The van der Waals surface area contributed by atoms with E-state index >= 15 is 0 Å². The van der Waals surface area contributed by atoms with Crippen molar-refractivity contribution in [3.05, 3.63) is 0 Å². The van der Waals surface area contributed by atoms with Crippen LogP contribution in [0.1, 0.15) is 59.8 Å². The van der Waals surface area contributed by atoms with Gasteiger partial charge in [0.25, 0.3) is 0 Å². The summed E-state index contributed by atoms with van der Waals surface area (Å²) in [5.74, 6) is 1.45. The van der Waals surface area contributed by atoms with Crippen LogP contribution in [0, 0.1) is 11.8 Å². The maximum absolute atomic E-state index is 9.94. The molecule has 0 amide bonds. The number of nitrogens with one attached hydrogen (secondary N) is 1. The van der Waals surface area contributed by atoms with Gasteiger partial charge in [-0.3, -0.25) is 0 Å². The van der Waals surface area contributed by atoms with Crippen molar-refractivity contribution in [1.82, 2.24) is 5.32 Å². The molecule has 0 aliphatic heterocycles. The van der Waals surface area contributed by atoms with Gasteiger partial charge in [-0.15, -0.1) is 0 Å². The molecule has 0 spiro atoms. The third-order valence-corrected chi connectivity index (χ3v) is 4.16. The molecule has 0 aromatic heterocycles. The molecular formula is C16H33NO2. The first kappa shape index (κ1) is 16.9. The molecule has 1 aliphatic rings. The Bertz CT molecular complexity index is 227. The quantitative estimate of drug-likeness (QED) is 0.677. The number of hydrogen-bond acceptors (Lipinski definition) is 3. The molecule has 1 rings (SSSR count).